The lowest BCUT2D eigenvalue weighted by molar-refractivity contribution is -0.142. The molecule has 0 saturated carbocycles. The first kappa shape index (κ1) is 15.1. The molecule has 1 aromatic heterocycles. The number of nitrogens with one attached hydrogen (secondary N) is 2. The number of hydrogen-bond acceptors (Lipinski definition) is 3. The predicted octanol–water partition coefficient (Wildman–Crippen LogP) is 1.05. The Balaban J connectivity index is 1.84. The number of aliphatic hydroxyl groups excluding tert-OH is 1. The van der Waals surface area contributed by atoms with Crippen LogP contribution in [0.3, 0.4) is 0 Å². The van der Waals surface area contributed by atoms with Gasteiger partial charge in [-0.25, -0.2) is 4.79 Å². The average Bonchev–Trinajstić information content (AvgIpc) is 2.88. The van der Waals surface area contributed by atoms with Crippen molar-refractivity contribution >= 4 is 22.8 Å². The molecule has 6 heteroatoms. The fourth-order valence-electron chi connectivity index (χ4n) is 2.23. The van der Waals surface area contributed by atoms with E-state index in [2.05, 4.69) is 10.3 Å². The number of benzene rings is 1. The van der Waals surface area contributed by atoms with Crippen molar-refractivity contribution in [3.63, 3.8) is 0 Å². The Morgan fingerprint density at radius 2 is 2.05 bits per heavy atom. The third-order valence-electron chi connectivity index (χ3n) is 3.34. The van der Waals surface area contributed by atoms with Gasteiger partial charge in [-0.15, -0.1) is 0 Å². The lowest BCUT2D eigenvalue weighted by Crippen LogP contribution is -2.43. The molecule has 21 heavy (non-hydrogen) atoms. The number of carboxylic acids is 1. The Kier molecular flexibility index (Phi) is 4.94. The number of rotatable bonds is 7. The zero-order valence-corrected chi connectivity index (χ0v) is 11.5. The lowest BCUT2D eigenvalue weighted by Gasteiger charge is -2.11. The minimum atomic E-state index is -1.23. The summed E-state index contributed by atoms with van der Waals surface area (Å²) in [5.41, 5.74) is 2.19. The van der Waals surface area contributed by atoms with Gasteiger partial charge in [0.15, 0.2) is 0 Å². The lowest BCUT2D eigenvalue weighted by atomic mass is 10.1. The van der Waals surface area contributed by atoms with Crippen LogP contribution in [0, 0.1) is 0 Å². The van der Waals surface area contributed by atoms with Gasteiger partial charge < -0.3 is 20.5 Å². The molecule has 0 radical (unpaired) electrons. The number of aromatic amines is 1. The van der Waals surface area contributed by atoms with Crippen LogP contribution in [0.2, 0.25) is 0 Å². The number of carboxylic acid groups (broad SMARTS) is 1. The minimum Gasteiger partial charge on any atom is -0.480 e. The molecule has 0 saturated heterocycles. The number of fused-ring (bicyclic) bond motifs is 1. The molecule has 0 unspecified atom stereocenters. The van der Waals surface area contributed by atoms with Crippen LogP contribution in [0.1, 0.15) is 18.4 Å². The van der Waals surface area contributed by atoms with E-state index < -0.39 is 18.6 Å². The molecule has 0 bridgehead atoms. The first-order chi connectivity index (χ1) is 10.1. The van der Waals surface area contributed by atoms with Gasteiger partial charge in [-0.1, -0.05) is 18.2 Å². The fourth-order valence-corrected chi connectivity index (χ4v) is 2.23. The number of para-hydroxylation sites is 1. The Morgan fingerprint density at radius 1 is 1.29 bits per heavy atom. The molecule has 0 spiro atoms. The van der Waals surface area contributed by atoms with Gasteiger partial charge in [-0.2, -0.15) is 0 Å². The summed E-state index contributed by atoms with van der Waals surface area (Å²) in [4.78, 5) is 25.5. The molecule has 0 fully saturated rings. The summed E-state index contributed by atoms with van der Waals surface area (Å²) in [6, 6.07) is 6.70. The van der Waals surface area contributed by atoms with Crippen LogP contribution in [-0.2, 0) is 16.0 Å². The van der Waals surface area contributed by atoms with E-state index in [-0.39, 0.29) is 12.3 Å². The van der Waals surface area contributed by atoms with Crippen molar-refractivity contribution in [1.29, 1.82) is 0 Å². The van der Waals surface area contributed by atoms with Crippen LogP contribution >= 0.6 is 0 Å². The van der Waals surface area contributed by atoms with Gasteiger partial charge >= 0.3 is 5.97 Å². The van der Waals surface area contributed by atoms with E-state index in [0.29, 0.717) is 6.42 Å². The second-order valence-electron chi connectivity index (χ2n) is 4.85. The van der Waals surface area contributed by atoms with Gasteiger partial charge in [0.1, 0.15) is 6.04 Å². The molecule has 4 N–H and O–H groups in total. The predicted molar refractivity (Wildman–Crippen MR) is 77.9 cm³/mol. The van der Waals surface area contributed by atoms with Crippen molar-refractivity contribution in [3.05, 3.63) is 36.0 Å². The normalized spacial score (nSPS) is 12.2. The molecule has 0 aliphatic carbocycles. The van der Waals surface area contributed by atoms with Crippen molar-refractivity contribution in [2.45, 2.75) is 25.3 Å². The Labute approximate surface area is 121 Å². The highest BCUT2D eigenvalue weighted by Gasteiger charge is 2.18. The quantitative estimate of drug-likeness (QED) is 0.612. The van der Waals surface area contributed by atoms with E-state index in [1.807, 2.05) is 30.5 Å². The summed E-state index contributed by atoms with van der Waals surface area (Å²) >= 11 is 0. The number of aliphatic carboxylic acids is 1. The summed E-state index contributed by atoms with van der Waals surface area (Å²) < 4.78 is 0. The monoisotopic (exact) mass is 290 g/mol. The van der Waals surface area contributed by atoms with Crippen LogP contribution < -0.4 is 5.32 Å². The third-order valence-corrected chi connectivity index (χ3v) is 3.34. The topological polar surface area (TPSA) is 102 Å². The molecule has 0 aliphatic heterocycles. The number of carbonyl (C=O) groups excluding carboxylic acids is 1. The molecule has 1 aromatic carbocycles. The van der Waals surface area contributed by atoms with E-state index in [9.17, 15) is 9.59 Å². The van der Waals surface area contributed by atoms with Crippen molar-refractivity contribution in [1.82, 2.24) is 10.3 Å². The molecular weight excluding hydrogens is 272 g/mol. The number of aryl methyl sites for hydroxylation is 1. The van der Waals surface area contributed by atoms with Crippen LogP contribution in [0.25, 0.3) is 10.9 Å². The van der Waals surface area contributed by atoms with E-state index in [4.69, 9.17) is 10.2 Å². The van der Waals surface area contributed by atoms with E-state index in [0.717, 1.165) is 22.9 Å². The van der Waals surface area contributed by atoms with Crippen LogP contribution in [-0.4, -0.2) is 39.7 Å². The van der Waals surface area contributed by atoms with Crippen molar-refractivity contribution in [2.24, 2.45) is 0 Å². The summed E-state index contributed by atoms with van der Waals surface area (Å²) in [5, 5.41) is 21.0. The first-order valence-corrected chi connectivity index (χ1v) is 6.80. The van der Waals surface area contributed by atoms with Gasteiger partial charge in [-0.05, 0) is 24.5 Å². The van der Waals surface area contributed by atoms with E-state index in [1.54, 1.807) is 0 Å². The van der Waals surface area contributed by atoms with E-state index in [1.165, 1.54) is 0 Å². The smallest absolute Gasteiger partial charge is 0.328 e. The summed E-state index contributed by atoms with van der Waals surface area (Å²) in [6.45, 7) is -0.608. The minimum absolute atomic E-state index is 0.225. The van der Waals surface area contributed by atoms with Gasteiger partial charge in [0.2, 0.25) is 5.91 Å². The second kappa shape index (κ2) is 6.90. The highest BCUT2D eigenvalue weighted by Crippen LogP contribution is 2.19. The maximum Gasteiger partial charge on any atom is 0.328 e. The Bertz CT molecular complexity index is 635. The molecule has 2 aromatic rings. The molecule has 1 amide bonds. The molecule has 112 valence electrons. The van der Waals surface area contributed by atoms with Gasteiger partial charge in [-0.3, -0.25) is 4.79 Å². The molecule has 2 rings (SSSR count). The van der Waals surface area contributed by atoms with Gasteiger partial charge in [0.05, 0.1) is 6.61 Å². The highest BCUT2D eigenvalue weighted by atomic mass is 16.4. The van der Waals surface area contributed by atoms with Crippen LogP contribution in [0.4, 0.5) is 0 Å². The third kappa shape index (κ3) is 3.82. The zero-order valence-electron chi connectivity index (χ0n) is 11.5. The number of aliphatic hydroxyl groups is 1. The van der Waals surface area contributed by atoms with Crippen molar-refractivity contribution in [3.8, 4) is 0 Å². The van der Waals surface area contributed by atoms with E-state index >= 15 is 0 Å². The number of H-pyrrole nitrogens is 1. The second-order valence-corrected chi connectivity index (χ2v) is 4.85. The Hall–Kier alpha value is -2.34. The maximum absolute atomic E-state index is 11.6. The largest absolute Gasteiger partial charge is 0.480 e. The first-order valence-electron chi connectivity index (χ1n) is 6.80. The molecule has 6 nitrogen and oxygen atoms in total. The van der Waals surface area contributed by atoms with Crippen molar-refractivity contribution in [2.75, 3.05) is 6.61 Å². The summed E-state index contributed by atoms with van der Waals surface area (Å²) in [7, 11) is 0. The van der Waals surface area contributed by atoms with Crippen LogP contribution in [0.5, 0.6) is 0 Å². The Morgan fingerprint density at radius 3 is 2.76 bits per heavy atom. The van der Waals surface area contributed by atoms with Gasteiger partial charge in [0, 0.05) is 23.5 Å². The van der Waals surface area contributed by atoms with Crippen LogP contribution in [0.15, 0.2) is 30.5 Å². The molecule has 1 atom stereocenters. The maximum atomic E-state index is 11.6. The molecule has 1 heterocycles. The fraction of sp³-hybridized carbons (Fsp3) is 0.333. The number of carbonyl (C=O) groups is 2. The molecule has 0 aliphatic rings. The molecular formula is C15H18N2O4. The average molecular weight is 290 g/mol. The van der Waals surface area contributed by atoms with Crippen molar-refractivity contribution < 1.29 is 19.8 Å². The number of hydrogen-bond donors (Lipinski definition) is 4. The summed E-state index contributed by atoms with van der Waals surface area (Å²) in [6.07, 6.45) is 3.50. The SMILES string of the molecule is O=C(CCCc1c[nH]c2ccccc12)N[C@H](CO)C(=O)O. The number of amides is 1. The summed E-state index contributed by atoms with van der Waals surface area (Å²) in [5.74, 6) is -1.60. The van der Waals surface area contributed by atoms with Gasteiger partial charge in [0.25, 0.3) is 0 Å². The highest BCUT2D eigenvalue weighted by molar-refractivity contribution is 5.84. The number of aromatic nitrogens is 1. The zero-order chi connectivity index (χ0) is 15.2. The standard InChI is InChI=1S/C15H18N2O4/c18-9-13(15(20)21)17-14(19)7-3-4-10-8-16-12-6-2-1-5-11(10)12/h1-2,5-6,8,13,16,18H,3-4,7,9H2,(H,17,19)(H,20,21)/t13-/m1/s1.